The molecule has 186 valence electrons. The van der Waals surface area contributed by atoms with Crippen molar-refractivity contribution in [2.75, 3.05) is 11.4 Å². The lowest BCUT2D eigenvalue weighted by Crippen LogP contribution is -2.52. The van der Waals surface area contributed by atoms with Gasteiger partial charge in [-0.1, -0.05) is 24.3 Å². The number of alkyl carbamates (subject to hydrolysis) is 1. The fraction of sp³-hybridized carbons (Fsp3) is 0.346. The minimum absolute atomic E-state index is 0.0870. The Hall–Kier alpha value is -4.21. The first-order valence-corrected chi connectivity index (χ1v) is 12.0. The van der Waals surface area contributed by atoms with Gasteiger partial charge >= 0.3 is 6.09 Å². The van der Waals surface area contributed by atoms with Crippen molar-refractivity contribution >= 4 is 35.4 Å². The number of nitrogens with one attached hydrogen (secondary N) is 2. The van der Waals surface area contributed by atoms with Crippen molar-refractivity contribution in [3.05, 3.63) is 64.7 Å². The Morgan fingerprint density at radius 3 is 2.53 bits per heavy atom. The Morgan fingerprint density at radius 1 is 1.03 bits per heavy atom. The van der Waals surface area contributed by atoms with Crippen LogP contribution in [0.25, 0.3) is 0 Å². The number of imide groups is 1. The summed E-state index contributed by atoms with van der Waals surface area (Å²) < 4.78 is 5.29. The van der Waals surface area contributed by atoms with Crippen molar-refractivity contribution in [3.63, 3.8) is 0 Å². The third kappa shape index (κ3) is 4.79. The summed E-state index contributed by atoms with van der Waals surface area (Å²) >= 11 is 0. The minimum Gasteiger partial charge on any atom is -0.445 e. The lowest BCUT2D eigenvalue weighted by Gasteiger charge is -2.29. The van der Waals surface area contributed by atoms with Gasteiger partial charge in [-0.15, -0.1) is 0 Å². The van der Waals surface area contributed by atoms with Gasteiger partial charge in [-0.05, 0) is 47.7 Å². The summed E-state index contributed by atoms with van der Waals surface area (Å²) in [6.07, 6.45) is 1.35. The van der Waals surface area contributed by atoms with Crippen molar-refractivity contribution in [1.29, 1.82) is 0 Å². The second-order valence-electron chi connectivity index (χ2n) is 9.14. The molecule has 2 saturated heterocycles. The zero-order valence-electron chi connectivity index (χ0n) is 19.6. The molecule has 1 unspecified atom stereocenters. The average Bonchev–Trinajstić information content (AvgIpc) is 3.44. The van der Waals surface area contributed by atoms with E-state index in [0.29, 0.717) is 24.9 Å². The van der Waals surface area contributed by atoms with Crippen molar-refractivity contribution in [3.8, 4) is 0 Å². The summed E-state index contributed by atoms with van der Waals surface area (Å²) in [4.78, 5) is 63.8. The van der Waals surface area contributed by atoms with Crippen LogP contribution in [0.2, 0.25) is 0 Å². The Morgan fingerprint density at radius 2 is 1.81 bits per heavy atom. The van der Waals surface area contributed by atoms with E-state index in [1.165, 1.54) is 4.90 Å². The predicted molar refractivity (Wildman–Crippen MR) is 128 cm³/mol. The first-order valence-electron chi connectivity index (χ1n) is 12.0. The SMILES string of the molecule is O=C1CCC(N2Cc3ccc(CNC(=O)OCc4ccc(N5CCCC5=O)cc4)cc3C2=O)C(=O)N1. The highest BCUT2D eigenvalue weighted by Crippen LogP contribution is 2.28. The van der Waals surface area contributed by atoms with Crippen LogP contribution < -0.4 is 15.5 Å². The Kier molecular flexibility index (Phi) is 6.41. The smallest absolute Gasteiger partial charge is 0.407 e. The van der Waals surface area contributed by atoms with E-state index in [4.69, 9.17) is 4.74 Å². The van der Waals surface area contributed by atoms with E-state index < -0.39 is 18.0 Å². The highest BCUT2D eigenvalue weighted by molar-refractivity contribution is 6.05. The molecule has 2 aromatic carbocycles. The predicted octanol–water partition coefficient (Wildman–Crippen LogP) is 2.00. The summed E-state index contributed by atoms with van der Waals surface area (Å²) in [6, 6.07) is 12.0. The number of rotatable bonds is 6. The van der Waals surface area contributed by atoms with E-state index in [1.54, 1.807) is 11.0 Å². The quantitative estimate of drug-likeness (QED) is 0.597. The molecule has 0 radical (unpaired) electrons. The molecule has 0 aliphatic carbocycles. The van der Waals surface area contributed by atoms with Gasteiger partial charge in [0.1, 0.15) is 12.6 Å². The molecule has 3 heterocycles. The topological polar surface area (TPSA) is 125 Å². The minimum atomic E-state index is -0.663. The second-order valence-corrected chi connectivity index (χ2v) is 9.14. The van der Waals surface area contributed by atoms with Crippen LogP contribution in [0.1, 0.15) is 52.7 Å². The number of benzene rings is 2. The number of piperidine rings is 1. The van der Waals surface area contributed by atoms with E-state index in [1.807, 2.05) is 36.4 Å². The highest BCUT2D eigenvalue weighted by atomic mass is 16.5. The highest BCUT2D eigenvalue weighted by Gasteiger charge is 2.39. The van der Waals surface area contributed by atoms with Crippen molar-refractivity contribution < 1.29 is 28.7 Å². The fourth-order valence-corrected chi connectivity index (χ4v) is 4.78. The molecule has 36 heavy (non-hydrogen) atoms. The number of hydrogen-bond acceptors (Lipinski definition) is 6. The summed E-state index contributed by atoms with van der Waals surface area (Å²) in [6.45, 7) is 1.29. The molecule has 2 fully saturated rings. The number of anilines is 1. The van der Waals surface area contributed by atoms with Crippen LogP contribution in [-0.2, 0) is 38.8 Å². The van der Waals surface area contributed by atoms with Gasteiger partial charge in [-0.25, -0.2) is 4.79 Å². The molecule has 10 heteroatoms. The van der Waals surface area contributed by atoms with Gasteiger partial charge in [0.05, 0.1) is 0 Å². The number of carbonyl (C=O) groups is 5. The van der Waals surface area contributed by atoms with E-state index >= 15 is 0 Å². The van der Waals surface area contributed by atoms with Crippen LogP contribution in [0.5, 0.6) is 0 Å². The second kappa shape index (κ2) is 9.80. The first kappa shape index (κ1) is 23.5. The summed E-state index contributed by atoms with van der Waals surface area (Å²) in [7, 11) is 0. The maximum absolute atomic E-state index is 12.9. The molecule has 0 saturated carbocycles. The molecular weight excluding hydrogens is 464 g/mol. The lowest BCUT2D eigenvalue weighted by atomic mass is 10.0. The average molecular weight is 491 g/mol. The number of amides is 5. The van der Waals surface area contributed by atoms with Crippen LogP contribution in [0.3, 0.4) is 0 Å². The number of carbonyl (C=O) groups excluding carboxylic acids is 5. The monoisotopic (exact) mass is 490 g/mol. The Bertz CT molecular complexity index is 1240. The summed E-state index contributed by atoms with van der Waals surface area (Å²) in [5.41, 5.74) is 3.66. The number of fused-ring (bicyclic) bond motifs is 1. The molecule has 10 nitrogen and oxygen atoms in total. The van der Waals surface area contributed by atoms with Gasteiger partial charge in [0.15, 0.2) is 0 Å². The van der Waals surface area contributed by atoms with Crippen LogP contribution in [0, 0.1) is 0 Å². The van der Waals surface area contributed by atoms with Gasteiger partial charge in [-0.3, -0.25) is 24.5 Å². The first-order chi connectivity index (χ1) is 17.4. The molecule has 3 aliphatic rings. The third-order valence-corrected chi connectivity index (χ3v) is 6.72. The standard InChI is InChI=1S/C26H26N4O6/c31-22-10-9-21(24(33)28-22)30-14-18-6-3-17(12-20(18)25(30)34)13-27-26(35)36-15-16-4-7-19(8-5-16)29-11-1-2-23(29)32/h3-8,12,21H,1-2,9-11,13-15H2,(H,27,35)(H,28,31,33). The molecule has 0 aromatic heterocycles. The van der Waals surface area contributed by atoms with E-state index in [9.17, 15) is 24.0 Å². The molecule has 3 aliphatic heterocycles. The maximum atomic E-state index is 12.9. The molecule has 1 atom stereocenters. The summed E-state index contributed by atoms with van der Waals surface area (Å²) in [5, 5.41) is 4.97. The lowest BCUT2D eigenvalue weighted by molar-refractivity contribution is -0.137. The van der Waals surface area contributed by atoms with Gasteiger partial charge < -0.3 is 19.9 Å². The van der Waals surface area contributed by atoms with Gasteiger partial charge in [0, 0.05) is 43.7 Å². The molecular formula is C26H26N4O6. The van der Waals surface area contributed by atoms with Crippen LogP contribution in [-0.4, -0.2) is 47.2 Å². The Balaban J connectivity index is 1.12. The molecule has 5 amide bonds. The summed E-state index contributed by atoms with van der Waals surface area (Å²) in [5.74, 6) is -0.911. The largest absolute Gasteiger partial charge is 0.445 e. The van der Waals surface area contributed by atoms with Crippen LogP contribution >= 0.6 is 0 Å². The molecule has 2 N–H and O–H groups in total. The molecule has 5 rings (SSSR count). The zero-order valence-corrected chi connectivity index (χ0v) is 19.6. The van der Waals surface area contributed by atoms with Crippen molar-refractivity contribution in [1.82, 2.24) is 15.5 Å². The van der Waals surface area contributed by atoms with E-state index in [0.717, 1.165) is 35.3 Å². The van der Waals surface area contributed by atoms with E-state index in [2.05, 4.69) is 10.6 Å². The maximum Gasteiger partial charge on any atom is 0.407 e. The number of hydrogen-bond donors (Lipinski definition) is 2. The Labute approximate surface area is 207 Å². The third-order valence-electron chi connectivity index (χ3n) is 6.72. The molecule has 0 bridgehead atoms. The zero-order chi connectivity index (χ0) is 25.2. The fourth-order valence-electron chi connectivity index (χ4n) is 4.78. The molecule has 0 spiro atoms. The number of nitrogens with zero attached hydrogens (tertiary/aromatic N) is 2. The van der Waals surface area contributed by atoms with Crippen LogP contribution in [0.4, 0.5) is 10.5 Å². The normalized spacial score (nSPS) is 19.4. The van der Waals surface area contributed by atoms with Crippen LogP contribution in [0.15, 0.2) is 42.5 Å². The van der Waals surface area contributed by atoms with E-state index in [-0.39, 0.29) is 37.3 Å². The van der Waals surface area contributed by atoms with Crippen molar-refractivity contribution in [2.45, 2.75) is 51.4 Å². The molecule has 2 aromatic rings. The van der Waals surface area contributed by atoms with Gasteiger partial charge in [-0.2, -0.15) is 0 Å². The van der Waals surface area contributed by atoms with Crippen molar-refractivity contribution in [2.24, 2.45) is 0 Å². The van der Waals surface area contributed by atoms with Gasteiger partial charge in [0.25, 0.3) is 5.91 Å². The van der Waals surface area contributed by atoms with Gasteiger partial charge in [0.2, 0.25) is 17.7 Å². The number of ether oxygens (including phenoxy) is 1.